The van der Waals surface area contributed by atoms with E-state index >= 15 is 0 Å². The van der Waals surface area contributed by atoms with Crippen molar-refractivity contribution in [3.63, 3.8) is 0 Å². The van der Waals surface area contributed by atoms with E-state index in [0.717, 1.165) is 0 Å². The summed E-state index contributed by atoms with van der Waals surface area (Å²) < 4.78 is 10.3. The first-order valence-electron chi connectivity index (χ1n) is 6.17. The maximum atomic E-state index is 11.8. The molecule has 20 heavy (non-hydrogen) atoms. The third kappa shape index (κ3) is 3.11. The van der Waals surface area contributed by atoms with E-state index in [-0.39, 0.29) is 12.7 Å². The molecule has 0 aromatic heterocycles. The van der Waals surface area contributed by atoms with Crippen LogP contribution in [0, 0.1) is 5.92 Å². The van der Waals surface area contributed by atoms with Gasteiger partial charge in [0.2, 0.25) is 6.79 Å². The molecule has 0 spiro atoms. The van der Waals surface area contributed by atoms with E-state index in [0.29, 0.717) is 17.2 Å². The Morgan fingerprint density at radius 3 is 2.60 bits per heavy atom. The molecular weight excluding hydrogens is 264 g/mol. The molecule has 1 aliphatic rings. The second-order valence-corrected chi connectivity index (χ2v) is 4.73. The van der Waals surface area contributed by atoms with E-state index in [1.54, 1.807) is 32.0 Å². The van der Waals surface area contributed by atoms with E-state index in [1.165, 1.54) is 0 Å². The highest BCUT2D eigenvalue weighted by atomic mass is 16.7. The molecule has 3 N–H and O–H groups in total. The standard InChI is InChI=1S/C13H16N2O5/c1-7(2)11(12(16)17)15-13(18)14-8-3-4-9-10(5-8)20-6-19-9/h3-5,7,11H,6H2,1-2H3,(H,16,17)(H2,14,15,18). The van der Waals surface area contributed by atoms with E-state index in [4.69, 9.17) is 14.6 Å². The van der Waals surface area contributed by atoms with Gasteiger partial charge in [0, 0.05) is 11.8 Å². The number of benzene rings is 1. The number of aliphatic carboxylic acids is 1. The first-order chi connectivity index (χ1) is 9.47. The van der Waals surface area contributed by atoms with Crippen LogP contribution >= 0.6 is 0 Å². The quantitative estimate of drug-likeness (QED) is 0.779. The predicted molar refractivity (Wildman–Crippen MR) is 71.0 cm³/mol. The molecule has 0 fully saturated rings. The molecule has 0 radical (unpaired) electrons. The third-order valence-corrected chi connectivity index (χ3v) is 2.85. The minimum Gasteiger partial charge on any atom is -0.480 e. The fraction of sp³-hybridized carbons (Fsp3) is 0.385. The molecule has 1 heterocycles. The smallest absolute Gasteiger partial charge is 0.326 e. The van der Waals surface area contributed by atoms with Crippen molar-refractivity contribution in [2.75, 3.05) is 12.1 Å². The number of fused-ring (bicyclic) bond motifs is 1. The van der Waals surface area contributed by atoms with Gasteiger partial charge in [-0.05, 0) is 18.1 Å². The van der Waals surface area contributed by atoms with Gasteiger partial charge in [0.1, 0.15) is 6.04 Å². The number of ether oxygens (including phenoxy) is 2. The summed E-state index contributed by atoms with van der Waals surface area (Å²) in [6.07, 6.45) is 0. The van der Waals surface area contributed by atoms with Gasteiger partial charge in [-0.25, -0.2) is 9.59 Å². The number of rotatable bonds is 4. The van der Waals surface area contributed by atoms with E-state index in [2.05, 4.69) is 10.6 Å². The lowest BCUT2D eigenvalue weighted by Crippen LogP contribution is -2.46. The summed E-state index contributed by atoms with van der Waals surface area (Å²) in [6.45, 7) is 3.60. The van der Waals surface area contributed by atoms with Gasteiger partial charge in [0.15, 0.2) is 11.5 Å². The van der Waals surface area contributed by atoms with Crippen molar-refractivity contribution in [2.24, 2.45) is 5.92 Å². The molecule has 1 aliphatic heterocycles. The lowest BCUT2D eigenvalue weighted by Gasteiger charge is -2.18. The summed E-state index contributed by atoms with van der Waals surface area (Å²) in [5, 5.41) is 14.0. The number of nitrogens with one attached hydrogen (secondary N) is 2. The molecule has 0 saturated carbocycles. The summed E-state index contributed by atoms with van der Waals surface area (Å²) >= 11 is 0. The number of carbonyl (C=O) groups excluding carboxylic acids is 1. The van der Waals surface area contributed by atoms with Crippen molar-refractivity contribution < 1.29 is 24.2 Å². The van der Waals surface area contributed by atoms with Crippen molar-refractivity contribution in [3.05, 3.63) is 18.2 Å². The molecule has 1 atom stereocenters. The second kappa shape index (κ2) is 5.68. The Kier molecular flexibility index (Phi) is 3.97. The predicted octanol–water partition coefficient (Wildman–Crippen LogP) is 1.65. The highest BCUT2D eigenvalue weighted by molar-refractivity contribution is 5.92. The Bertz CT molecular complexity index is 529. The molecular formula is C13H16N2O5. The lowest BCUT2D eigenvalue weighted by atomic mass is 10.1. The van der Waals surface area contributed by atoms with Crippen molar-refractivity contribution in [3.8, 4) is 11.5 Å². The fourth-order valence-corrected chi connectivity index (χ4v) is 1.80. The van der Waals surface area contributed by atoms with Gasteiger partial charge in [-0.3, -0.25) is 0 Å². The zero-order chi connectivity index (χ0) is 14.7. The van der Waals surface area contributed by atoms with Crippen LogP contribution in [0.15, 0.2) is 18.2 Å². The number of urea groups is 1. The first kappa shape index (κ1) is 14.0. The second-order valence-electron chi connectivity index (χ2n) is 4.73. The molecule has 7 heteroatoms. The largest absolute Gasteiger partial charge is 0.480 e. The van der Waals surface area contributed by atoms with Crippen LogP contribution in [-0.2, 0) is 4.79 Å². The van der Waals surface area contributed by atoms with E-state index < -0.39 is 18.0 Å². The summed E-state index contributed by atoms with van der Waals surface area (Å²) in [5.74, 6) is -0.126. The molecule has 0 bridgehead atoms. The number of hydrogen-bond donors (Lipinski definition) is 3. The van der Waals surface area contributed by atoms with E-state index in [1.807, 2.05) is 0 Å². The monoisotopic (exact) mass is 280 g/mol. The minimum absolute atomic E-state index is 0.152. The Morgan fingerprint density at radius 2 is 1.95 bits per heavy atom. The highest BCUT2D eigenvalue weighted by Crippen LogP contribution is 2.34. The van der Waals surface area contributed by atoms with Gasteiger partial charge < -0.3 is 25.2 Å². The Morgan fingerprint density at radius 1 is 1.25 bits per heavy atom. The van der Waals surface area contributed by atoms with Gasteiger partial charge in [-0.2, -0.15) is 0 Å². The van der Waals surface area contributed by atoms with Crippen molar-refractivity contribution in [2.45, 2.75) is 19.9 Å². The molecule has 1 aromatic carbocycles. The first-order valence-corrected chi connectivity index (χ1v) is 6.17. The number of carboxylic acids is 1. The summed E-state index contributed by atoms with van der Waals surface area (Å²) in [7, 11) is 0. The Hall–Kier alpha value is -2.44. The maximum Gasteiger partial charge on any atom is 0.326 e. The van der Waals surface area contributed by atoms with Crippen LogP contribution in [0.25, 0.3) is 0 Å². The zero-order valence-corrected chi connectivity index (χ0v) is 11.2. The third-order valence-electron chi connectivity index (χ3n) is 2.85. The van der Waals surface area contributed by atoms with Gasteiger partial charge in [0.25, 0.3) is 0 Å². The van der Waals surface area contributed by atoms with Crippen LogP contribution in [0.2, 0.25) is 0 Å². The van der Waals surface area contributed by atoms with Gasteiger partial charge in [-0.1, -0.05) is 13.8 Å². The molecule has 108 valence electrons. The topological polar surface area (TPSA) is 96.9 Å². The summed E-state index contributed by atoms with van der Waals surface area (Å²) in [6, 6.07) is 3.43. The van der Waals surface area contributed by atoms with Crippen LogP contribution in [-0.4, -0.2) is 29.9 Å². The Labute approximate surface area is 115 Å². The molecule has 0 aliphatic carbocycles. The van der Waals surface area contributed by atoms with Gasteiger partial charge in [-0.15, -0.1) is 0 Å². The molecule has 0 saturated heterocycles. The van der Waals surface area contributed by atoms with Crippen LogP contribution in [0.1, 0.15) is 13.8 Å². The number of carbonyl (C=O) groups is 2. The van der Waals surface area contributed by atoms with Gasteiger partial charge in [0.05, 0.1) is 0 Å². The van der Waals surface area contributed by atoms with Crippen molar-refractivity contribution >= 4 is 17.7 Å². The minimum atomic E-state index is -1.07. The summed E-state index contributed by atoms with van der Waals surface area (Å²) in [4.78, 5) is 22.8. The SMILES string of the molecule is CC(C)C(NC(=O)Nc1ccc2c(c1)OCO2)C(=O)O. The van der Waals surface area contributed by atoms with Crippen LogP contribution in [0.5, 0.6) is 11.5 Å². The Balaban J connectivity index is 1.99. The maximum absolute atomic E-state index is 11.8. The normalized spacial score (nSPS) is 13.9. The molecule has 7 nitrogen and oxygen atoms in total. The van der Waals surface area contributed by atoms with Crippen LogP contribution in [0.3, 0.4) is 0 Å². The number of carboxylic acid groups (broad SMARTS) is 1. The average Bonchev–Trinajstić information content (AvgIpc) is 2.82. The van der Waals surface area contributed by atoms with E-state index in [9.17, 15) is 9.59 Å². The average molecular weight is 280 g/mol. The lowest BCUT2D eigenvalue weighted by molar-refractivity contribution is -0.140. The molecule has 2 amide bonds. The highest BCUT2D eigenvalue weighted by Gasteiger charge is 2.23. The zero-order valence-electron chi connectivity index (χ0n) is 11.2. The summed E-state index contributed by atoms with van der Waals surface area (Å²) in [5.41, 5.74) is 0.500. The van der Waals surface area contributed by atoms with Crippen molar-refractivity contribution in [1.29, 1.82) is 0 Å². The van der Waals surface area contributed by atoms with Crippen LogP contribution in [0.4, 0.5) is 10.5 Å². The molecule has 1 unspecified atom stereocenters. The fourth-order valence-electron chi connectivity index (χ4n) is 1.80. The molecule has 2 rings (SSSR count). The number of anilines is 1. The van der Waals surface area contributed by atoms with Crippen molar-refractivity contribution in [1.82, 2.24) is 5.32 Å². The van der Waals surface area contributed by atoms with Crippen LogP contribution < -0.4 is 20.1 Å². The number of hydrogen-bond acceptors (Lipinski definition) is 4. The van der Waals surface area contributed by atoms with Gasteiger partial charge >= 0.3 is 12.0 Å². The number of amides is 2. The molecule has 1 aromatic rings.